The fourth-order valence-electron chi connectivity index (χ4n) is 2.22. The van der Waals surface area contributed by atoms with Crippen molar-refractivity contribution in [2.45, 2.75) is 25.8 Å². The van der Waals surface area contributed by atoms with Crippen LogP contribution in [0.15, 0.2) is 22.7 Å². The van der Waals surface area contributed by atoms with Gasteiger partial charge < -0.3 is 10.1 Å². The quantitative estimate of drug-likeness (QED) is 0.868. The molecule has 0 saturated carbocycles. The van der Waals surface area contributed by atoms with Crippen molar-refractivity contribution in [1.82, 2.24) is 5.32 Å². The standard InChI is InChI=1S/C13H16BrNO2/c1-2-17-13(16)8-15-12-6-3-9-7-10(14)4-5-11(9)12/h4-5,7,12,15H,2-3,6,8H2,1H3. The normalized spacial score (nSPS) is 17.9. The van der Waals surface area contributed by atoms with Gasteiger partial charge in [0.25, 0.3) is 0 Å². The first-order valence-corrected chi connectivity index (χ1v) is 6.67. The first kappa shape index (κ1) is 12.6. The maximum atomic E-state index is 11.3. The maximum absolute atomic E-state index is 11.3. The van der Waals surface area contributed by atoms with Gasteiger partial charge in [0, 0.05) is 10.5 Å². The van der Waals surface area contributed by atoms with Gasteiger partial charge in [-0.2, -0.15) is 0 Å². The second-order valence-electron chi connectivity index (χ2n) is 4.12. The third-order valence-electron chi connectivity index (χ3n) is 2.98. The number of carbonyl (C=O) groups is 1. The number of aryl methyl sites for hydroxylation is 1. The van der Waals surface area contributed by atoms with Crippen molar-refractivity contribution in [1.29, 1.82) is 0 Å². The molecule has 3 nitrogen and oxygen atoms in total. The monoisotopic (exact) mass is 297 g/mol. The number of esters is 1. The highest BCUT2D eigenvalue weighted by molar-refractivity contribution is 9.10. The average Bonchev–Trinajstić information content (AvgIpc) is 2.69. The summed E-state index contributed by atoms with van der Waals surface area (Å²) in [7, 11) is 0. The van der Waals surface area contributed by atoms with Crippen LogP contribution in [0.4, 0.5) is 0 Å². The van der Waals surface area contributed by atoms with E-state index in [0.717, 1.165) is 17.3 Å². The minimum absolute atomic E-state index is 0.182. The molecule has 0 heterocycles. The zero-order valence-electron chi connectivity index (χ0n) is 9.83. The Morgan fingerprint density at radius 1 is 1.59 bits per heavy atom. The fraction of sp³-hybridized carbons (Fsp3) is 0.462. The number of nitrogens with one attached hydrogen (secondary N) is 1. The van der Waals surface area contributed by atoms with Crippen LogP contribution in [0.2, 0.25) is 0 Å². The van der Waals surface area contributed by atoms with E-state index < -0.39 is 0 Å². The van der Waals surface area contributed by atoms with Crippen molar-refractivity contribution in [2.75, 3.05) is 13.2 Å². The van der Waals surface area contributed by atoms with Gasteiger partial charge in [-0.15, -0.1) is 0 Å². The smallest absolute Gasteiger partial charge is 0.319 e. The van der Waals surface area contributed by atoms with E-state index >= 15 is 0 Å². The second kappa shape index (κ2) is 5.65. The van der Waals surface area contributed by atoms with Gasteiger partial charge >= 0.3 is 5.97 Å². The van der Waals surface area contributed by atoms with E-state index in [1.54, 1.807) is 0 Å². The van der Waals surface area contributed by atoms with Gasteiger partial charge in [0.1, 0.15) is 0 Å². The fourth-order valence-corrected chi connectivity index (χ4v) is 2.63. The van der Waals surface area contributed by atoms with Crippen molar-refractivity contribution in [2.24, 2.45) is 0 Å². The molecular weight excluding hydrogens is 282 g/mol. The van der Waals surface area contributed by atoms with E-state index in [9.17, 15) is 4.79 Å². The van der Waals surface area contributed by atoms with Crippen LogP contribution >= 0.6 is 15.9 Å². The lowest BCUT2D eigenvalue weighted by molar-refractivity contribution is -0.142. The Balaban J connectivity index is 1.95. The number of ether oxygens (including phenoxy) is 1. The largest absolute Gasteiger partial charge is 0.465 e. The van der Waals surface area contributed by atoms with E-state index in [1.165, 1.54) is 11.1 Å². The molecule has 1 aromatic carbocycles. The molecule has 0 aliphatic heterocycles. The molecule has 0 radical (unpaired) electrons. The molecule has 0 aromatic heterocycles. The number of fused-ring (bicyclic) bond motifs is 1. The zero-order valence-corrected chi connectivity index (χ0v) is 11.4. The average molecular weight is 298 g/mol. The molecule has 1 N–H and O–H groups in total. The highest BCUT2D eigenvalue weighted by Crippen LogP contribution is 2.32. The molecule has 0 spiro atoms. The molecule has 4 heteroatoms. The lowest BCUT2D eigenvalue weighted by Gasteiger charge is -2.13. The molecule has 92 valence electrons. The maximum Gasteiger partial charge on any atom is 0.319 e. The van der Waals surface area contributed by atoms with Gasteiger partial charge in [-0.3, -0.25) is 4.79 Å². The van der Waals surface area contributed by atoms with Crippen LogP contribution in [-0.2, 0) is 16.0 Å². The second-order valence-corrected chi connectivity index (χ2v) is 5.04. The Kier molecular flexibility index (Phi) is 4.18. The van der Waals surface area contributed by atoms with Gasteiger partial charge in [-0.05, 0) is 43.0 Å². The zero-order chi connectivity index (χ0) is 12.3. The Morgan fingerprint density at radius 3 is 3.18 bits per heavy atom. The molecule has 1 aliphatic rings. The molecule has 1 atom stereocenters. The number of halogens is 1. The van der Waals surface area contributed by atoms with Gasteiger partial charge in [0.05, 0.1) is 13.2 Å². The predicted molar refractivity (Wildman–Crippen MR) is 69.8 cm³/mol. The minimum atomic E-state index is -0.182. The Bertz CT molecular complexity index is 420. The van der Waals surface area contributed by atoms with Gasteiger partial charge in [-0.25, -0.2) is 0 Å². The van der Waals surface area contributed by atoms with E-state index in [4.69, 9.17) is 4.74 Å². The molecule has 17 heavy (non-hydrogen) atoms. The van der Waals surface area contributed by atoms with Crippen molar-refractivity contribution in [3.8, 4) is 0 Å². The highest BCUT2D eigenvalue weighted by Gasteiger charge is 2.22. The predicted octanol–water partition coefficient (Wildman–Crippen LogP) is 2.59. The highest BCUT2D eigenvalue weighted by atomic mass is 79.9. The first-order chi connectivity index (χ1) is 8.20. The Labute approximate surface area is 110 Å². The van der Waals surface area contributed by atoms with Crippen LogP contribution < -0.4 is 5.32 Å². The van der Waals surface area contributed by atoms with Crippen LogP contribution in [-0.4, -0.2) is 19.1 Å². The van der Waals surface area contributed by atoms with Crippen LogP contribution in [0.25, 0.3) is 0 Å². The molecule has 0 fully saturated rings. The summed E-state index contributed by atoms with van der Waals surface area (Å²) in [4.78, 5) is 11.3. The molecule has 0 saturated heterocycles. The number of hydrogen-bond acceptors (Lipinski definition) is 3. The summed E-state index contributed by atoms with van der Waals surface area (Å²) in [5.74, 6) is -0.182. The Morgan fingerprint density at radius 2 is 2.41 bits per heavy atom. The minimum Gasteiger partial charge on any atom is -0.465 e. The van der Waals surface area contributed by atoms with Crippen molar-refractivity contribution in [3.05, 3.63) is 33.8 Å². The summed E-state index contributed by atoms with van der Waals surface area (Å²) in [5, 5.41) is 3.25. The molecule has 1 aliphatic carbocycles. The summed E-state index contributed by atoms with van der Waals surface area (Å²) in [6.07, 6.45) is 2.11. The van der Waals surface area contributed by atoms with Gasteiger partial charge in [0.15, 0.2) is 0 Å². The van der Waals surface area contributed by atoms with E-state index in [0.29, 0.717) is 6.61 Å². The van der Waals surface area contributed by atoms with Crippen LogP contribution in [0.1, 0.15) is 30.5 Å². The number of benzene rings is 1. The summed E-state index contributed by atoms with van der Waals surface area (Å²) in [5.41, 5.74) is 2.67. The lowest BCUT2D eigenvalue weighted by Crippen LogP contribution is -2.27. The molecule has 1 aromatic rings. The van der Waals surface area contributed by atoms with E-state index in [1.807, 2.05) is 13.0 Å². The molecular formula is C13H16BrNO2. The van der Waals surface area contributed by atoms with E-state index in [-0.39, 0.29) is 18.6 Å². The molecule has 0 amide bonds. The van der Waals surface area contributed by atoms with Crippen LogP contribution in [0, 0.1) is 0 Å². The van der Waals surface area contributed by atoms with Crippen molar-refractivity contribution < 1.29 is 9.53 Å². The SMILES string of the molecule is CCOC(=O)CNC1CCc2cc(Br)ccc21. The number of carbonyl (C=O) groups excluding carboxylic acids is 1. The summed E-state index contributed by atoms with van der Waals surface area (Å²) in [6, 6.07) is 6.60. The van der Waals surface area contributed by atoms with Gasteiger partial charge in [-0.1, -0.05) is 22.0 Å². The molecule has 2 rings (SSSR count). The first-order valence-electron chi connectivity index (χ1n) is 5.88. The lowest BCUT2D eigenvalue weighted by atomic mass is 10.1. The molecule has 1 unspecified atom stereocenters. The molecule has 0 bridgehead atoms. The Hall–Kier alpha value is -0.870. The third-order valence-corrected chi connectivity index (χ3v) is 3.47. The summed E-state index contributed by atoms with van der Waals surface area (Å²) in [6.45, 7) is 2.54. The summed E-state index contributed by atoms with van der Waals surface area (Å²) < 4.78 is 6.01. The summed E-state index contributed by atoms with van der Waals surface area (Å²) >= 11 is 3.47. The van der Waals surface area contributed by atoms with E-state index in [2.05, 4.69) is 33.4 Å². The number of rotatable bonds is 4. The number of hydrogen-bond donors (Lipinski definition) is 1. The van der Waals surface area contributed by atoms with Crippen LogP contribution in [0.5, 0.6) is 0 Å². The van der Waals surface area contributed by atoms with Gasteiger partial charge in [0.2, 0.25) is 0 Å². The van der Waals surface area contributed by atoms with Crippen LogP contribution in [0.3, 0.4) is 0 Å². The van der Waals surface area contributed by atoms with Crippen molar-refractivity contribution in [3.63, 3.8) is 0 Å². The topological polar surface area (TPSA) is 38.3 Å². The van der Waals surface area contributed by atoms with Crippen molar-refractivity contribution >= 4 is 21.9 Å². The third kappa shape index (κ3) is 3.07.